The molecule has 0 aromatic rings. The number of allylic oxidation sites excluding steroid dienone is 1. The molecule has 0 aromatic carbocycles. The third-order valence-corrected chi connectivity index (χ3v) is 1.79. The third-order valence-electron chi connectivity index (χ3n) is 1.79. The molecule has 11 heavy (non-hydrogen) atoms. The number of nitrogens with one attached hydrogen (secondary N) is 1. The maximum atomic E-state index is 9.52. The minimum absolute atomic E-state index is 0.582. The van der Waals surface area contributed by atoms with E-state index < -0.39 is 6.10 Å². The molecule has 62 valence electrons. The van der Waals surface area contributed by atoms with Crippen molar-refractivity contribution in [2.45, 2.75) is 20.0 Å². The van der Waals surface area contributed by atoms with Gasteiger partial charge in [0, 0.05) is 6.20 Å². The van der Waals surface area contributed by atoms with E-state index in [1.165, 1.54) is 0 Å². The number of hydrogen-bond donors (Lipinski definition) is 2. The lowest BCUT2D eigenvalue weighted by Gasteiger charge is -2.22. The topological polar surface area (TPSA) is 41.5 Å². The molecule has 3 heteroatoms. The minimum atomic E-state index is -0.582. The van der Waals surface area contributed by atoms with Crippen LogP contribution < -0.4 is 5.32 Å². The molecular formula is C8H13NO2. The molecule has 0 fully saturated rings. The van der Waals surface area contributed by atoms with Crippen molar-refractivity contribution in [1.29, 1.82) is 0 Å². The van der Waals surface area contributed by atoms with E-state index >= 15 is 0 Å². The average Bonchev–Trinajstić information content (AvgIpc) is 1.99. The lowest BCUT2D eigenvalue weighted by atomic mass is 10.1. The molecule has 2 N–H and O–H groups in total. The monoisotopic (exact) mass is 155 g/mol. The number of hydrogen-bond acceptors (Lipinski definition) is 3. The molecule has 1 aliphatic heterocycles. The molecule has 1 heterocycles. The fraction of sp³-hybridized carbons (Fsp3) is 0.500. The molecular weight excluding hydrogens is 142 g/mol. The molecule has 0 aliphatic carbocycles. The summed E-state index contributed by atoms with van der Waals surface area (Å²) in [7, 11) is 1.56. The molecule has 1 rings (SSSR count). The van der Waals surface area contributed by atoms with E-state index in [0.717, 1.165) is 11.3 Å². The number of ether oxygens (including phenoxy) is 1. The van der Waals surface area contributed by atoms with Crippen LogP contribution in [0.25, 0.3) is 0 Å². The molecule has 0 radical (unpaired) electrons. The molecule has 3 nitrogen and oxygen atoms in total. The smallest absolute Gasteiger partial charge is 0.147 e. The highest BCUT2D eigenvalue weighted by Gasteiger charge is 2.19. The van der Waals surface area contributed by atoms with Gasteiger partial charge in [-0.05, 0) is 19.4 Å². The van der Waals surface area contributed by atoms with E-state index in [9.17, 15) is 5.11 Å². The van der Waals surface area contributed by atoms with Crippen LogP contribution in [0, 0.1) is 0 Å². The molecule has 1 atom stereocenters. The zero-order valence-electron chi connectivity index (χ0n) is 7.01. The second-order valence-electron chi connectivity index (χ2n) is 2.63. The van der Waals surface area contributed by atoms with E-state index in [1.807, 2.05) is 13.8 Å². The van der Waals surface area contributed by atoms with Crippen molar-refractivity contribution in [3.63, 3.8) is 0 Å². The fourth-order valence-electron chi connectivity index (χ4n) is 1.05. The zero-order valence-corrected chi connectivity index (χ0v) is 7.01. The first kappa shape index (κ1) is 8.14. The summed E-state index contributed by atoms with van der Waals surface area (Å²) < 4.78 is 5.01. The van der Waals surface area contributed by atoms with Crippen LogP contribution in [-0.4, -0.2) is 18.3 Å². The number of methoxy groups -OCH3 is 1. The van der Waals surface area contributed by atoms with Crippen LogP contribution in [0.3, 0.4) is 0 Å². The maximum absolute atomic E-state index is 9.52. The van der Waals surface area contributed by atoms with Gasteiger partial charge in [-0.15, -0.1) is 0 Å². The standard InChI is InChI=1S/C8H13NO2/c1-5-4-9-6(2)8(11-3)7(5)10/h4,7,9-10H,1-3H3. The van der Waals surface area contributed by atoms with Crippen LogP contribution in [0.5, 0.6) is 0 Å². The Morgan fingerprint density at radius 3 is 2.64 bits per heavy atom. The molecule has 0 spiro atoms. The van der Waals surface area contributed by atoms with Crippen molar-refractivity contribution >= 4 is 0 Å². The fourth-order valence-corrected chi connectivity index (χ4v) is 1.05. The molecule has 0 bridgehead atoms. The van der Waals surface area contributed by atoms with E-state index in [-0.39, 0.29) is 0 Å². The van der Waals surface area contributed by atoms with Crippen LogP contribution in [0.15, 0.2) is 23.2 Å². The zero-order chi connectivity index (χ0) is 8.43. The highest BCUT2D eigenvalue weighted by molar-refractivity contribution is 5.26. The minimum Gasteiger partial charge on any atom is -0.496 e. The quantitative estimate of drug-likeness (QED) is 0.586. The van der Waals surface area contributed by atoms with Crippen molar-refractivity contribution in [1.82, 2.24) is 5.32 Å². The van der Waals surface area contributed by atoms with Crippen LogP contribution >= 0.6 is 0 Å². The average molecular weight is 155 g/mol. The first-order valence-electron chi connectivity index (χ1n) is 3.53. The molecule has 0 amide bonds. The van der Waals surface area contributed by atoms with Gasteiger partial charge in [-0.2, -0.15) is 0 Å². The Bertz CT molecular complexity index is 218. The predicted molar refractivity (Wildman–Crippen MR) is 42.6 cm³/mol. The molecule has 0 saturated heterocycles. The Hall–Kier alpha value is -0.960. The van der Waals surface area contributed by atoms with Gasteiger partial charge in [-0.1, -0.05) is 0 Å². The van der Waals surface area contributed by atoms with Crippen molar-refractivity contribution in [2.75, 3.05) is 7.11 Å². The van der Waals surface area contributed by atoms with Gasteiger partial charge in [-0.25, -0.2) is 0 Å². The number of aliphatic hydroxyl groups excluding tert-OH is 1. The molecule has 1 aliphatic rings. The summed E-state index contributed by atoms with van der Waals surface area (Å²) in [6.07, 6.45) is 1.20. The van der Waals surface area contributed by atoms with Crippen LogP contribution in [0.2, 0.25) is 0 Å². The third kappa shape index (κ3) is 1.38. The summed E-state index contributed by atoms with van der Waals surface area (Å²) in [5, 5.41) is 12.5. The second-order valence-corrected chi connectivity index (χ2v) is 2.63. The van der Waals surface area contributed by atoms with Crippen molar-refractivity contribution in [3.05, 3.63) is 23.2 Å². The Balaban J connectivity index is 2.87. The van der Waals surface area contributed by atoms with Gasteiger partial charge in [-0.3, -0.25) is 0 Å². The highest BCUT2D eigenvalue weighted by atomic mass is 16.5. The van der Waals surface area contributed by atoms with Crippen molar-refractivity contribution < 1.29 is 9.84 Å². The van der Waals surface area contributed by atoms with Gasteiger partial charge in [0.15, 0.2) is 0 Å². The summed E-state index contributed by atoms with van der Waals surface area (Å²) in [4.78, 5) is 0. The Morgan fingerprint density at radius 2 is 2.18 bits per heavy atom. The van der Waals surface area contributed by atoms with Crippen molar-refractivity contribution in [2.24, 2.45) is 0 Å². The maximum Gasteiger partial charge on any atom is 0.147 e. The Morgan fingerprint density at radius 1 is 1.55 bits per heavy atom. The lowest BCUT2D eigenvalue weighted by Crippen LogP contribution is -2.24. The number of aliphatic hydroxyl groups is 1. The van der Waals surface area contributed by atoms with Gasteiger partial charge < -0.3 is 15.2 Å². The van der Waals surface area contributed by atoms with Crippen molar-refractivity contribution in [3.8, 4) is 0 Å². The summed E-state index contributed by atoms with van der Waals surface area (Å²) in [5.41, 5.74) is 1.73. The van der Waals surface area contributed by atoms with E-state index in [4.69, 9.17) is 4.74 Å². The number of rotatable bonds is 1. The Labute approximate surface area is 66.4 Å². The number of dihydropyridines is 1. The SMILES string of the molecule is COC1=C(C)NC=C(C)C1O. The molecule has 1 unspecified atom stereocenters. The van der Waals surface area contributed by atoms with Gasteiger partial charge in [0.25, 0.3) is 0 Å². The van der Waals surface area contributed by atoms with E-state index in [0.29, 0.717) is 5.76 Å². The largest absolute Gasteiger partial charge is 0.496 e. The van der Waals surface area contributed by atoms with Gasteiger partial charge in [0.1, 0.15) is 11.9 Å². The van der Waals surface area contributed by atoms with Gasteiger partial charge in [0.2, 0.25) is 0 Å². The summed E-state index contributed by atoms with van der Waals surface area (Å²) in [5.74, 6) is 0.602. The summed E-state index contributed by atoms with van der Waals surface area (Å²) in [6, 6.07) is 0. The normalized spacial score (nSPS) is 24.4. The highest BCUT2D eigenvalue weighted by Crippen LogP contribution is 2.18. The van der Waals surface area contributed by atoms with Gasteiger partial charge in [0.05, 0.1) is 12.8 Å². The van der Waals surface area contributed by atoms with E-state index in [2.05, 4.69) is 5.32 Å². The van der Waals surface area contributed by atoms with Crippen LogP contribution in [-0.2, 0) is 4.74 Å². The summed E-state index contributed by atoms with van der Waals surface area (Å²) in [6.45, 7) is 3.72. The van der Waals surface area contributed by atoms with Gasteiger partial charge >= 0.3 is 0 Å². The van der Waals surface area contributed by atoms with E-state index in [1.54, 1.807) is 13.3 Å². The lowest BCUT2D eigenvalue weighted by molar-refractivity contribution is 0.145. The Kier molecular flexibility index (Phi) is 2.19. The summed E-state index contributed by atoms with van der Waals surface area (Å²) >= 11 is 0. The predicted octanol–water partition coefficient (Wildman–Crippen LogP) is 0.732. The molecule has 0 aromatic heterocycles. The first-order valence-corrected chi connectivity index (χ1v) is 3.53. The molecule has 0 saturated carbocycles. The van der Waals surface area contributed by atoms with Crippen LogP contribution in [0.4, 0.5) is 0 Å². The second kappa shape index (κ2) is 2.96. The van der Waals surface area contributed by atoms with Crippen LogP contribution in [0.1, 0.15) is 13.8 Å². The first-order chi connectivity index (χ1) is 5.16.